The van der Waals surface area contributed by atoms with E-state index in [0.29, 0.717) is 54.8 Å². The topological polar surface area (TPSA) is 123 Å². The highest BCUT2D eigenvalue weighted by molar-refractivity contribution is 6.35. The quantitative estimate of drug-likeness (QED) is 0.0900. The van der Waals surface area contributed by atoms with Crippen LogP contribution < -0.4 is 0 Å². The second kappa shape index (κ2) is 18.5. The highest BCUT2D eigenvalue weighted by Gasteiger charge is 2.19. The Labute approximate surface area is 299 Å². The molecule has 0 amide bonds. The smallest absolute Gasteiger partial charge is 0.196 e. The molecule has 0 aliphatic rings. The lowest BCUT2D eigenvalue weighted by Gasteiger charge is -2.08. The fourth-order valence-electron chi connectivity index (χ4n) is 4.62. The Morgan fingerprint density at radius 2 is 1.04 bits per heavy atom. The van der Waals surface area contributed by atoms with Gasteiger partial charge in [0.25, 0.3) is 0 Å². The minimum Gasteiger partial charge on any atom is -0.507 e. The minimum atomic E-state index is -0.248. The number of hydrogen-bond acceptors (Lipinski definition) is 8. The summed E-state index contributed by atoms with van der Waals surface area (Å²) in [4.78, 5) is 54.1. The van der Waals surface area contributed by atoms with Crippen LogP contribution in [0, 0.1) is 0 Å². The van der Waals surface area contributed by atoms with Gasteiger partial charge in [-0.15, -0.1) is 13.2 Å². The van der Waals surface area contributed by atoms with Gasteiger partial charge in [-0.2, -0.15) is 0 Å². The van der Waals surface area contributed by atoms with Crippen molar-refractivity contribution in [2.45, 2.75) is 6.42 Å². The molecular formula is C40H30Cl2N4O4. The van der Waals surface area contributed by atoms with E-state index in [-0.39, 0.29) is 29.5 Å². The maximum Gasteiger partial charge on any atom is 0.196 e. The molecule has 8 nitrogen and oxygen atoms in total. The summed E-state index contributed by atoms with van der Waals surface area (Å²) in [6.07, 6.45) is 10.9. The van der Waals surface area contributed by atoms with Crippen molar-refractivity contribution in [3.8, 4) is 0 Å². The molecule has 6 rings (SSSR count). The third-order valence-electron chi connectivity index (χ3n) is 7.03. The average Bonchev–Trinajstić information content (AvgIpc) is 3.17. The van der Waals surface area contributed by atoms with Crippen LogP contribution in [0.25, 0.3) is 11.8 Å². The molecule has 4 aromatic heterocycles. The maximum atomic E-state index is 12.8. The fraction of sp³-hybridized carbons (Fsp3) is 0.0250. The van der Waals surface area contributed by atoms with Crippen LogP contribution in [0.4, 0.5) is 0 Å². The number of aromatic nitrogens is 4. The van der Waals surface area contributed by atoms with Crippen LogP contribution in [0.1, 0.15) is 59.2 Å². The third kappa shape index (κ3) is 9.50. The highest BCUT2D eigenvalue weighted by Crippen LogP contribution is 2.23. The summed E-state index contributed by atoms with van der Waals surface area (Å²) in [7, 11) is 0. The molecule has 0 fully saturated rings. The number of ketones is 3. The number of rotatable bonds is 9. The lowest BCUT2D eigenvalue weighted by atomic mass is 9.98. The van der Waals surface area contributed by atoms with Crippen molar-refractivity contribution >= 4 is 52.4 Å². The number of carbonyl (C=O) groups is 3. The average molecular weight is 702 g/mol. The largest absolute Gasteiger partial charge is 0.507 e. The van der Waals surface area contributed by atoms with Crippen molar-refractivity contribution in [2.75, 3.05) is 0 Å². The Morgan fingerprint density at radius 1 is 0.580 bits per heavy atom. The maximum absolute atomic E-state index is 12.8. The lowest BCUT2D eigenvalue weighted by Crippen LogP contribution is -2.12. The van der Waals surface area contributed by atoms with Crippen molar-refractivity contribution in [3.63, 3.8) is 0 Å². The van der Waals surface area contributed by atoms with E-state index in [9.17, 15) is 19.5 Å². The number of pyridine rings is 4. The molecule has 10 heteroatoms. The van der Waals surface area contributed by atoms with E-state index in [0.717, 1.165) is 0 Å². The van der Waals surface area contributed by atoms with Crippen LogP contribution in [0.2, 0.25) is 10.0 Å². The molecule has 4 heterocycles. The van der Waals surface area contributed by atoms with Gasteiger partial charge in [0.2, 0.25) is 0 Å². The Hall–Kier alpha value is -6.09. The standard InChI is InChI=1S/2C19H13ClN2O2.C2H4/c2*20-16-6-2-1-4-14(16)19(24)15-5-3-9-22-17(15)12-18(23)13-7-10-21-11-8-13;1-2/h1-11H,12H2;1-12,23H;1-2H2/b;18-12-;. The van der Waals surface area contributed by atoms with Gasteiger partial charge in [0.15, 0.2) is 17.3 Å². The SMILES string of the molecule is C=C.O=C(Cc1ncccc1C(=O)c1ccccc1Cl)c1ccncc1.O=C(c1ccccc1Cl)c1cccnc1/C=C(\O)c1ccncc1. The first-order valence-electron chi connectivity index (χ1n) is 15.0. The van der Waals surface area contributed by atoms with Crippen LogP contribution in [0.5, 0.6) is 0 Å². The third-order valence-corrected chi connectivity index (χ3v) is 7.69. The van der Waals surface area contributed by atoms with Gasteiger partial charge in [-0.25, -0.2) is 0 Å². The van der Waals surface area contributed by atoms with Crippen LogP contribution in [0.3, 0.4) is 0 Å². The zero-order valence-corrected chi connectivity index (χ0v) is 28.1. The number of benzene rings is 2. The summed E-state index contributed by atoms with van der Waals surface area (Å²) in [6, 6.07) is 26.9. The first-order chi connectivity index (χ1) is 24.3. The molecule has 0 radical (unpaired) electrons. The first-order valence-corrected chi connectivity index (χ1v) is 15.8. The van der Waals surface area contributed by atoms with E-state index in [1.165, 1.54) is 6.08 Å². The molecule has 6 aromatic rings. The van der Waals surface area contributed by atoms with Crippen molar-refractivity contribution in [3.05, 3.63) is 202 Å². The molecule has 0 unspecified atom stereocenters. The van der Waals surface area contributed by atoms with Crippen molar-refractivity contribution in [1.82, 2.24) is 19.9 Å². The predicted molar refractivity (Wildman–Crippen MR) is 197 cm³/mol. The first kappa shape index (κ1) is 36.7. The molecular weight excluding hydrogens is 671 g/mol. The van der Waals surface area contributed by atoms with Crippen LogP contribution in [0.15, 0.2) is 147 Å². The molecule has 248 valence electrons. The molecule has 0 atom stereocenters. The summed E-state index contributed by atoms with van der Waals surface area (Å²) in [5.74, 6) is -0.609. The monoisotopic (exact) mass is 700 g/mol. The molecule has 2 aromatic carbocycles. The normalized spacial score (nSPS) is 10.5. The number of nitrogens with zero attached hydrogens (tertiary/aromatic N) is 4. The molecule has 0 aliphatic heterocycles. The molecule has 0 spiro atoms. The molecule has 50 heavy (non-hydrogen) atoms. The molecule has 1 N–H and O–H groups in total. The van der Waals surface area contributed by atoms with E-state index in [1.807, 2.05) is 0 Å². The lowest BCUT2D eigenvalue weighted by molar-refractivity contribution is 0.0989. The second-order valence-corrected chi connectivity index (χ2v) is 11.0. The Balaban J connectivity index is 0.000000214. The molecule has 0 bridgehead atoms. The van der Waals surface area contributed by atoms with Gasteiger partial charge in [-0.3, -0.25) is 34.3 Å². The van der Waals surface area contributed by atoms with Crippen molar-refractivity contribution in [2.24, 2.45) is 0 Å². The van der Waals surface area contributed by atoms with Gasteiger partial charge in [0.1, 0.15) is 5.76 Å². The number of halogens is 2. The Bertz CT molecular complexity index is 2120. The summed E-state index contributed by atoms with van der Waals surface area (Å²) >= 11 is 12.2. The summed E-state index contributed by atoms with van der Waals surface area (Å²) in [5.41, 5.74) is 3.47. The predicted octanol–water partition coefficient (Wildman–Crippen LogP) is 9.01. The van der Waals surface area contributed by atoms with Gasteiger partial charge < -0.3 is 5.11 Å². The fourth-order valence-corrected chi connectivity index (χ4v) is 5.06. The zero-order chi connectivity index (χ0) is 35.9. The summed E-state index contributed by atoms with van der Waals surface area (Å²) < 4.78 is 0. The number of aliphatic hydroxyl groups is 1. The van der Waals surface area contributed by atoms with E-state index in [4.69, 9.17) is 23.2 Å². The van der Waals surface area contributed by atoms with E-state index < -0.39 is 0 Å². The Kier molecular flexibility index (Phi) is 13.6. The van der Waals surface area contributed by atoms with Gasteiger partial charge in [0, 0.05) is 76.6 Å². The number of carbonyl (C=O) groups excluding carboxylic acids is 3. The van der Waals surface area contributed by atoms with Gasteiger partial charge in [-0.1, -0.05) is 47.5 Å². The number of aliphatic hydroxyl groups excluding tert-OH is 1. The Morgan fingerprint density at radius 3 is 1.60 bits per heavy atom. The second-order valence-electron chi connectivity index (χ2n) is 10.2. The summed E-state index contributed by atoms with van der Waals surface area (Å²) in [5, 5.41) is 11.0. The van der Waals surface area contributed by atoms with Gasteiger partial charge >= 0.3 is 0 Å². The number of hydrogen-bond donors (Lipinski definition) is 1. The van der Waals surface area contributed by atoms with E-state index in [2.05, 4.69) is 33.1 Å². The minimum absolute atomic E-state index is 0.00399. The molecule has 0 aliphatic carbocycles. The molecule has 0 saturated heterocycles. The van der Waals surface area contributed by atoms with Gasteiger partial charge in [0.05, 0.1) is 27.9 Å². The van der Waals surface area contributed by atoms with Crippen molar-refractivity contribution in [1.29, 1.82) is 0 Å². The van der Waals surface area contributed by atoms with Crippen molar-refractivity contribution < 1.29 is 19.5 Å². The highest BCUT2D eigenvalue weighted by atomic mass is 35.5. The number of Topliss-reactive ketones (excluding diaryl/α,β-unsaturated/α-hetero) is 1. The zero-order valence-electron chi connectivity index (χ0n) is 26.6. The van der Waals surface area contributed by atoms with Crippen LogP contribution in [-0.4, -0.2) is 42.4 Å². The van der Waals surface area contributed by atoms with E-state index >= 15 is 0 Å². The molecule has 0 saturated carbocycles. The summed E-state index contributed by atoms with van der Waals surface area (Å²) in [6.45, 7) is 6.00. The van der Waals surface area contributed by atoms with E-state index in [1.54, 1.807) is 134 Å². The van der Waals surface area contributed by atoms with Gasteiger partial charge in [-0.05, 0) is 72.8 Å². The van der Waals surface area contributed by atoms with Crippen LogP contribution in [-0.2, 0) is 6.42 Å². The van der Waals surface area contributed by atoms with Crippen LogP contribution >= 0.6 is 23.2 Å².